The van der Waals surface area contributed by atoms with Crippen LogP contribution in [0.3, 0.4) is 0 Å². The molecule has 0 amide bonds. The first-order valence-electron chi connectivity index (χ1n) is 8.11. The summed E-state index contributed by atoms with van der Waals surface area (Å²) in [4.78, 5) is 4.40. The second kappa shape index (κ2) is 7.36. The Hall–Kier alpha value is -2.00. The van der Waals surface area contributed by atoms with Gasteiger partial charge in [-0.3, -0.25) is 0 Å². The van der Waals surface area contributed by atoms with Crippen molar-refractivity contribution in [3.8, 4) is 27.0 Å². The van der Waals surface area contributed by atoms with Crippen LogP contribution in [0.1, 0.15) is 12.5 Å². The highest BCUT2D eigenvalue weighted by molar-refractivity contribution is 7.18. The average Bonchev–Trinajstić information content (AvgIpc) is 3.29. The fourth-order valence-electron chi connectivity index (χ4n) is 2.68. The van der Waals surface area contributed by atoms with Crippen LogP contribution in [-0.2, 0) is 5.92 Å². The van der Waals surface area contributed by atoms with Crippen LogP contribution in [0.2, 0.25) is 15.1 Å². The van der Waals surface area contributed by atoms with Gasteiger partial charge in [0.2, 0.25) is 0 Å². The van der Waals surface area contributed by atoms with Crippen molar-refractivity contribution in [2.75, 3.05) is 7.11 Å². The van der Waals surface area contributed by atoms with Gasteiger partial charge in [0.15, 0.2) is 10.7 Å². The van der Waals surface area contributed by atoms with Crippen LogP contribution >= 0.6 is 46.1 Å². The van der Waals surface area contributed by atoms with Gasteiger partial charge in [0.1, 0.15) is 16.5 Å². The highest BCUT2D eigenvalue weighted by Crippen LogP contribution is 2.39. The lowest BCUT2D eigenvalue weighted by atomic mass is 10.2. The Morgan fingerprint density at radius 3 is 2.41 bits per heavy atom. The average molecular weight is 476 g/mol. The second-order valence-corrected chi connectivity index (χ2v) is 8.40. The standard InChI is InChI=1S/C18H11Cl3F2N4OS/c1-18(22,23)8-3-12(21)15-24-13(7-27(15)6-8)17-26-25-16(29-17)9-4-11(20)14(28-2)5-10(9)19/h3-7H,1-2H3. The molecule has 1 aromatic carbocycles. The molecule has 0 radical (unpaired) electrons. The lowest BCUT2D eigenvalue weighted by molar-refractivity contribution is 0.0170. The molecule has 0 spiro atoms. The quantitative estimate of drug-likeness (QED) is 0.334. The topological polar surface area (TPSA) is 52.3 Å². The van der Waals surface area contributed by atoms with Gasteiger partial charge in [-0.05, 0) is 12.1 Å². The van der Waals surface area contributed by atoms with Crippen LogP contribution < -0.4 is 4.74 Å². The van der Waals surface area contributed by atoms with Gasteiger partial charge in [0.05, 0.1) is 22.2 Å². The predicted octanol–water partition coefficient (Wildman–Crippen LogP) is 6.60. The van der Waals surface area contributed by atoms with Gasteiger partial charge < -0.3 is 9.14 Å². The first-order chi connectivity index (χ1) is 13.7. The number of pyridine rings is 1. The van der Waals surface area contributed by atoms with E-state index in [9.17, 15) is 8.78 Å². The van der Waals surface area contributed by atoms with Crippen LogP contribution in [0.4, 0.5) is 8.78 Å². The molecule has 0 aliphatic carbocycles. The smallest absolute Gasteiger partial charge is 0.271 e. The predicted molar refractivity (Wildman–Crippen MR) is 111 cm³/mol. The summed E-state index contributed by atoms with van der Waals surface area (Å²) >= 11 is 19.9. The maximum absolute atomic E-state index is 13.7. The number of hydrogen-bond acceptors (Lipinski definition) is 5. The Morgan fingerprint density at radius 1 is 1.00 bits per heavy atom. The fraction of sp³-hybridized carbons (Fsp3) is 0.167. The highest BCUT2D eigenvalue weighted by Gasteiger charge is 2.26. The zero-order chi connectivity index (χ0) is 20.9. The zero-order valence-electron chi connectivity index (χ0n) is 14.9. The van der Waals surface area contributed by atoms with Gasteiger partial charge in [0.25, 0.3) is 5.92 Å². The number of rotatable bonds is 4. The summed E-state index contributed by atoms with van der Waals surface area (Å²) in [6, 6.07) is 4.44. The van der Waals surface area contributed by atoms with Crippen LogP contribution in [0.5, 0.6) is 5.75 Å². The van der Waals surface area contributed by atoms with E-state index >= 15 is 0 Å². The summed E-state index contributed by atoms with van der Waals surface area (Å²) in [5.41, 5.74) is 1.17. The van der Waals surface area contributed by atoms with E-state index in [0.29, 0.717) is 42.7 Å². The molecule has 0 bridgehead atoms. The summed E-state index contributed by atoms with van der Waals surface area (Å²) in [5, 5.41) is 10.2. The molecule has 0 saturated heterocycles. The van der Waals surface area contributed by atoms with Crippen LogP contribution in [0.25, 0.3) is 26.9 Å². The monoisotopic (exact) mass is 474 g/mol. The third-order valence-corrected chi connectivity index (χ3v) is 5.99. The number of hydrogen-bond donors (Lipinski definition) is 0. The van der Waals surface area contributed by atoms with E-state index in [1.807, 2.05) is 0 Å². The Morgan fingerprint density at radius 2 is 1.72 bits per heavy atom. The molecule has 4 rings (SSSR count). The van der Waals surface area contributed by atoms with Crippen molar-refractivity contribution < 1.29 is 13.5 Å². The summed E-state index contributed by atoms with van der Waals surface area (Å²) < 4.78 is 33.9. The van der Waals surface area contributed by atoms with E-state index in [0.717, 1.165) is 6.92 Å². The van der Waals surface area contributed by atoms with Crippen molar-refractivity contribution in [3.05, 3.63) is 51.2 Å². The second-order valence-electron chi connectivity index (χ2n) is 6.20. The number of halogens is 5. The first kappa shape index (κ1) is 20.3. The van der Waals surface area contributed by atoms with Crippen molar-refractivity contribution in [2.45, 2.75) is 12.8 Å². The van der Waals surface area contributed by atoms with E-state index in [4.69, 9.17) is 39.5 Å². The first-order valence-corrected chi connectivity index (χ1v) is 10.1. The highest BCUT2D eigenvalue weighted by atomic mass is 35.5. The number of imidazole rings is 1. The molecule has 150 valence electrons. The molecule has 29 heavy (non-hydrogen) atoms. The van der Waals surface area contributed by atoms with Gasteiger partial charge in [-0.2, -0.15) is 0 Å². The van der Waals surface area contributed by atoms with E-state index in [1.54, 1.807) is 18.3 Å². The number of benzene rings is 1. The van der Waals surface area contributed by atoms with Crippen molar-refractivity contribution in [1.82, 2.24) is 19.6 Å². The molecule has 5 nitrogen and oxygen atoms in total. The summed E-state index contributed by atoms with van der Waals surface area (Å²) in [7, 11) is 1.49. The largest absolute Gasteiger partial charge is 0.495 e. The maximum Gasteiger partial charge on any atom is 0.271 e. The number of nitrogens with zero attached hydrogens (tertiary/aromatic N) is 4. The minimum atomic E-state index is -3.03. The molecule has 0 aliphatic heterocycles. The molecule has 0 N–H and O–H groups in total. The van der Waals surface area contributed by atoms with Gasteiger partial charge in [-0.1, -0.05) is 46.1 Å². The molecule has 0 saturated carbocycles. The third-order valence-electron chi connectivity index (χ3n) is 4.13. The summed E-state index contributed by atoms with van der Waals surface area (Å²) in [6.45, 7) is 0.809. The Balaban J connectivity index is 1.76. The molecule has 4 aromatic rings. The van der Waals surface area contributed by atoms with Crippen molar-refractivity contribution >= 4 is 51.8 Å². The molecule has 0 atom stereocenters. The Kier molecular flexibility index (Phi) is 5.14. The molecule has 0 unspecified atom stereocenters. The SMILES string of the molecule is COc1cc(Cl)c(-c2nnc(-c3cn4cc(C(C)(F)F)cc(Cl)c4n3)s2)cc1Cl. The molecular formula is C18H11Cl3F2N4OS. The minimum Gasteiger partial charge on any atom is -0.495 e. The minimum absolute atomic E-state index is 0.116. The van der Waals surface area contributed by atoms with E-state index in [1.165, 1.54) is 35.1 Å². The van der Waals surface area contributed by atoms with Crippen LogP contribution in [0, 0.1) is 0 Å². The number of alkyl halides is 2. The third kappa shape index (κ3) is 3.77. The lowest BCUT2D eigenvalue weighted by Gasteiger charge is -2.11. The Bertz CT molecular complexity index is 1240. The van der Waals surface area contributed by atoms with Crippen molar-refractivity contribution in [3.63, 3.8) is 0 Å². The lowest BCUT2D eigenvalue weighted by Crippen LogP contribution is -2.08. The molecule has 0 aliphatic rings. The normalized spacial score (nSPS) is 12.0. The van der Waals surface area contributed by atoms with Gasteiger partial charge >= 0.3 is 0 Å². The molecule has 3 aromatic heterocycles. The van der Waals surface area contributed by atoms with Gasteiger partial charge in [-0.15, -0.1) is 10.2 Å². The van der Waals surface area contributed by atoms with Crippen molar-refractivity contribution in [2.24, 2.45) is 0 Å². The number of ether oxygens (including phenoxy) is 1. The molecule has 0 fully saturated rings. The van der Waals surface area contributed by atoms with E-state index in [-0.39, 0.29) is 10.6 Å². The summed E-state index contributed by atoms with van der Waals surface area (Å²) in [6.07, 6.45) is 2.86. The summed E-state index contributed by atoms with van der Waals surface area (Å²) in [5.74, 6) is -2.58. The van der Waals surface area contributed by atoms with E-state index < -0.39 is 5.92 Å². The fourth-order valence-corrected chi connectivity index (χ4v) is 4.31. The number of methoxy groups -OCH3 is 1. The van der Waals surface area contributed by atoms with Gasteiger partial charge in [0, 0.05) is 36.5 Å². The number of aromatic nitrogens is 4. The zero-order valence-corrected chi connectivity index (χ0v) is 18.0. The Labute approximate surface area is 182 Å². The van der Waals surface area contributed by atoms with E-state index in [2.05, 4.69) is 15.2 Å². The van der Waals surface area contributed by atoms with Crippen LogP contribution in [0.15, 0.2) is 30.6 Å². The van der Waals surface area contributed by atoms with Crippen molar-refractivity contribution in [1.29, 1.82) is 0 Å². The number of fused-ring (bicyclic) bond motifs is 1. The molecule has 3 heterocycles. The van der Waals surface area contributed by atoms with Gasteiger partial charge in [-0.25, -0.2) is 13.8 Å². The maximum atomic E-state index is 13.7. The molecular weight excluding hydrogens is 465 g/mol. The van der Waals surface area contributed by atoms with Crippen LogP contribution in [-0.4, -0.2) is 26.7 Å². The molecule has 11 heteroatoms.